The van der Waals surface area contributed by atoms with Crippen LogP contribution in [0.15, 0.2) is 12.3 Å². The maximum absolute atomic E-state index is 5.15. The van der Waals surface area contributed by atoms with Crippen molar-refractivity contribution in [3.05, 3.63) is 12.3 Å². The molecule has 102 valence electrons. The van der Waals surface area contributed by atoms with Crippen LogP contribution < -0.4 is 0 Å². The fourth-order valence-electron chi connectivity index (χ4n) is 1.23. The first-order valence-electron chi connectivity index (χ1n) is 6.71. The summed E-state index contributed by atoms with van der Waals surface area (Å²) < 4.78 is 10.1. The lowest BCUT2D eigenvalue weighted by atomic mass is 10.3. The Morgan fingerprint density at radius 2 is 1.69 bits per heavy atom. The summed E-state index contributed by atoms with van der Waals surface area (Å²) in [4.78, 5) is 0. The Balaban J connectivity index is -0.0000000787. The van der Waals surface area contributed by atoms with E-state index in [1.54, 1.807) is 6.26 Å². The van der Waals surface area contributed by atoms with Gasteiger partial charge in [-0.2, -0.15) is 0 Å². The van der Waals surface area contributed by atoms with Crippen molar-refractivity contribution in [2.75, 3.05) is 6.61 Å². The lowest BCUT2D eigenvalue weighted by Gasteiger charge is -1.97. The number of hydrogen-bond acceptors (Lipinski definition) is 2. The van der Waals surface area contributed by atoms with E-state index in [2.05, 4.69) is 13.8 Å². The SMILES string of the molecule is CC.CC.CC1CCCO1.C[C@H]1CC=CO1.[HH].[HH]. The van der Waals surface area contributed by atoms with Crippen LogP contribution >= 0.6 is 0 Å². The van der Waals surface area contributed by atoms with Gasteiger partial charge in [0.05, 0.1) is 18.5 Å². The highest BCUT2D eigenvalue weighted by Gasteiger charge is 2.07. The molecule has 0 aromatic heterocycles. The van der Waals surface area contributed by atoms with Gasteiger partial charge in [-0.3, -0.25) is 0 Å². The zero-order chi connectivity index (χ0) is 12.8. The van der Waals surface area contributed by atoms with E-state index < -0.39 is 0 Å². The lowest BCUT2D eigenvalue weighted by molar-refractivity contribution is 0.125. The molecule has 16 heavy (non-hydrogen) atoms. The first-order valence-corrected chi connectivity index (χ1v) is 6.71. The molecule has 2 heterocycles. The summed E-state index contributed by atoms with van der Waals surface area (Å²) in [7, 11) is 0. The summed E-state index contributed by atoms with van der Waals surface area (Å²) in [5.74, 6) is 0. The maximum Gasteiger partial charge on any atom is 0.0985 e. The van der Waals surface area contributed by atoms with Crippen LogP contribution in [0.4, 0.5) is 0 Å². The third-order valence-corrected chi connectivity index (χ3v) is 2.03. The van der Waals surface area contributed by atoms with Crippen LogP contribution in [-0.4, -0.2) is 18.8 Å². The molecule has 1 unspecified atom stereocenters. The maximum atomic E-state index is 5.15. The summed E-state index contributed by atoms with van der Waals surface area (Å²) >= 11 is 0. The molecular formula is C14H34O2. The fourth-order valence-corrected chi connectivity index (χ4v) is 1.23. The molecule has 2 aliphatic heterocycles. The van der Waals surface area contributed by atoms with E-state index in [4.69, 9.17) is 9.47 Å². The zero-order valence-corrected chi connectivity index (χ0v) is 12.0. The predicted octanol–water partition coefficient (Wildman–Crippen LogP) is 5.04. The van der Waals surface area contributed by atoms with E-state index in [0.717, 1.165) is 13.0 Å². The van der Waals surface area contributed by atoms with Crippen LogP contribution in [0.2, 0.25) is 0 Å². The molecule has 0 N–H and O–H groups in total. The van der Waals surface area contributed by atoms with E-state index in [1.165, 1.54) is 12.8 Å². The average molecular weight is 234 g/mol. The lowest BCUT2D eigenvalue weighted by Crippen LogP contribution is -1.94. The van der Waals surface area contributed by atoms with Crippen molar-refractivity contribution >= 4 is 0 Å². The van der Waals surface area contributed by atoms with Crippen molar-refractivity contribution in [2.24, 2.45) is 0 Å². The van der Waals surface area contributed by atoms with Gasteiger partial charge in [0, 0.05) is 15.9 Å². The third-order valence-electron chi connectivity index (χ3n) is 2.03. The number of rotatable bonds is 0. The summed E-state index contributed by atoms with van der Waals surface area (Å²) in [5, 5.41) is 0. The smallest absolute Gasteiger partial charge is 0.0985 e. The molecule has 0 aliphatic carbocycles. The van der Waals surface area contributed by atoms with E-state index >= 15 is 0 Å². The van der Waals surface area contributed by atoms with E-state index in [9.17, 15) is 0 Å². The highest BCUT2D eigenvalue weighted by molar-refractivity contribution is 4.83. The molecule has 2 heteroatoms. The van der Waals surface area contributed by atoms with Crippen LogP contribution in [0.1, 0.15) is 63.7 Å². The fraction of sp³-hybridized carbons (Fsp3) is 0.857. The minimum atomic E-state index is 0. The highest BCUT2D eigenvalue weighted by Crippen LogP contribution is 2.09. The molecule has 2 aliphatic rings. The van der Waals surface area contributed by atoms with Crippen molar-refractivity contribution < 1.29 is 12.3 Å². The molecule has 0 aromatic carbocycles. The molecule has 2 rings (SSSR count). The van der Waals surface area contributed by atoms with Crippen LogP contribution in [0.3, 0.4) is 0 Å². The molecule has 0 bridgehead atoms. The molecule has 0 saturated carbocycles. The molecule has 0 aromatic rings. The van der Waals surface area contributed by atoms with Gasteiger partial charge >= 0.3 is 0 Å². The second-order valence-corrected chi connectivity index (χ2v) is 3.38. The summed E-state index contributed by atoms with van der Waals surface area (Å²) in [6, 6.07) is 0. The Kier molecular flexibility index (Phi) is 16.2. The Morgan fingerprint density at radius 1 is 1.06 bits per heavy atom. The van der Waals surface area contributed by atoms with Gasteiger partial charge in [0.25, 0.3) is 0 Å². The van der Waals surface area contributed by atoms with Crippen molar-refractivity contribution in [3.63, 3.8) is 0 Å². The molecular weight excluding hydrogens is 200 g/mol. The Hall–Kier alpha value is -0.500. The Labute approximate surface area is 105 Å². The first-order chi connectivity index (χ1) is 7.79. The van der Waals surface area contributed by atoms with Gasteiger partial charge in [0.15, 0.2) is 0 Å². The second-order valence-electron chi connectivity index (χ2n) is 3.38. The topological polar surface area (TPSA) is 18.5 Å². The summed E-state index contributed by atoms with van der Waals surface area (Å²) in [6.45, 7) is 13.2. The van der Waals surface area contributed by atoms with Gasteiger partial charge in [-0.25, -0.2) is 0 Å². The van der Waals surface area contributed by atoms with Crippen molar-refractivity contribution in [2.45, 2.75) is 73.0 Å². The third kappa shape index (κ3) is 11.6. The molecule has 2 nitrogen and oxygen atoms in total. The number of ether oxygens (including phenoxy) is 2. The zero-order valence-electron chi connectivity index (χ0n) is 12.0. The predicted molar refractivity (Wildman–Crippen MR) is 75.9 cm³/mol. The quantitative estimate of drug-likeness (QED) is 0.584. The first kappa shape index (κ1) is 17.9. The van der Waals surface area contributed by atoms with E-state index in [1.807, 2.05) is 33.8 Å². The van der Waals surface area contributed by atoms with Gasteiger partial charge in [0.2, 0.25) is 0 Å². The normalized spacial score (nSPS) is 25.1. The van der Waals surface area contributed by atoms with Gasteiger partial charge in [-0.05, 0) is 32.8 Å². The molecule has 1 fully saturated rings. The van der Waals surface area contributed by atoms with Crippen LogP contribution in [0.5, 0.6) is 0 Å². The number of hydrogen-bond donors (Lipinski definition) is 0. The summed E-state index contributed by atoms with van der Waals surface area (Å²) in [5.41, 5.74) is 0. The Morgan fingerprint density at radius 3 is 1.81 bits per heavy atom. The monoisotopic (exact) mass is 234 g/mol. The highest BCUT2D eigenvalue weighted by atomic mass is 16.5. The second kappa shape index (κ2) is 14.5. The van der Waals surface area contributed by atoms with Gasteiger partial charge < -0.3 is 9.47 Å². The Bertz CT molecular complexity index is 139. The van der Waals surface area contributed by atoms with Crippen molar-refractivity contribution in [3.8, 4) is 0 Å². The van der Waals surface area contributed by atoms with Gasteiger partial charge in [-0.15, -0.1) is 0 Å². The molecule has 2 atom stereocenters. The minimum absolute atomic E-state index is 0. The van der Waals surface area contributed by atoms with Crippen LogP contribution in [0.25, 0.3) is 0 Å². The minimum Gasteiger partial charge on any atom is -0.498 e. The van der Waals surface area contributed by atoms with Crippen LogP contribution in [0, 0.1) is 0 Å². The average Bonchev–Trinajstić information content (AvgIpc) is 2.98. The molecule has 0 radical (unpaired) electrons. The standard InChI is InChI=1S/C5H10O.C5H8O.2C2H6.2H2/c2*1-5-3-2-4-6-5;2*1-2;;/h5H,2-4H2,1H3;2,4-5H,3H2,1H3;2*1-2H3;2*1H/t;5-;;;;/m.0..../s1. The van der Waals surface area contributed by atoms with Crippen LogP contribution in [-0.2, 0) is 9.47 Å². The summed E-state index contributed by atoms with van der Waals surface area (Å²) in [6.07, 6.45) is 8.38. The largest absolute Gasteiger partial charge is 0.498 e. The van der Waals surface area contributed by atoms with Gasteiger partial charge in [-0.1, -0.05) is 27.7 Å². The van der Waals surface area contributed by atoms with Gasteiger partial charge in [0.1, 0.15) is 0 Å². The van der Waals surface area contributed by atoms with E-state index in [0.29, 0.717) is 12.2 Å². The molecule has 0 amide bonds. The molecule has 0 spiro atoms. The van der Waals surface area contributed by atoms with Crippen molar-refractivity contribution in [1.82, 2.24) is 0 Å². The molecule has 1 saturated heterocycles. The van der Waals surface area contributed by atoms with Crippen molar-refractivity contribution in [1.29, 1.82) is 0 Å². The van der Waals surface area contributed by atoms with E-state index in [-0.39, 0.29) is 2.85 Å².